The number of H-pyrrole nitrogens is 1. The van der Waals surface area contributed by atoms with Gasteiger partial charge in [-0.15, -0.1) is 0 Å². The van der Waals surface area contributed by atoms with Crippen molar-refractivity contribution in [3.63, 3.8) is 0 Å². The number of halogens is 3. The summed E-state index contributed by atoms with van der Waals surface area (Å²) in [4.78, 5) is 54.1. The maximum absolute atomic E-state index is 13.5. The predicted molar refractivity (Wildman–Crippen MR) is 143 cm³/mol. The minimum atomic E-state index is -4.31. The van der Waals surface area contributed by atoms with Gasteiger partial charge in [-0.2, -0.15) is 13.2 Å². The van der Waals surface area contributed by atoms with E-state index in [-0.39, 0.29) is 64.4 Å². The molecular weight excluding hydrogens is 529 g/mol. The van der Waals surface area contributed by atoms with Gasteiger partial charge in [-0.1, -0.05) is 19.3 Å². The van der Waals surface area contributed by atoms with Crippen LogP contribution in [0.4, 0.5) is 13.2 Å². The Morgan fingerprint density at radius 1 is 0.850 bits per heavy atom. The van der Waals surface area contributed by atoms with Crippen LogP contribution in [0.1, 0.15) is 84.1 Å². The monoisotopic (exact) mass is 558 g/mol. The molecule has 0 unspecified atom stereocenters. The Kier molecular flexibility index (Phi) is 7.28. The molecule has 2 heterocycles. The van der Waals surface area contributed by atoms with Gasteiger partial charge in [-0.05, 0) is 56.7 Å². The molecule has 2 aliphatic rings. The molecule has 2 saturated carbocycles. The Morgan fingerprint density at radius 3 is 2.00 bits per heavy atom. The lowest BCUT2D eigenvalue weighted by Gasteiger charge is -2.31. The van der Waals surface area contributed by atoms with Crippen LogP contribution in [0.15, 0.2) is 27.8 Å². The van der Waals surface area contributed by atoms with E-state index in [1.807, 2.05) is 0 Å². The van der Waals surface area contributed by atoms with E-state index in [0.717, 1.165) is 38.2 Å². The fourth-order valence-electron chi connectivity index (χ4n) is 6.14. The number of carbonyl (C=O) groups excluding carboxylic acids is 1. The molecule has 2 aliphatic carbocycles. The number of hydrogen-bond acceptors (Lipinski definition) is 5. The van der Waals surface area contributed by atoms with Crippen LogP contribution >= 0.6 is 0 Å². The molecule has 0 aliphatic heterocycles. The van der Waals surface area contributed by atoms with E-state index in [2.05, 4.69) is 15.6 Å². The summed E-state index contributed by atoms with van der Waals surface area (Å²) in [5.74, 6) is -3.89. The Labute approximate surface area is 226 Å². The molecule has 2 aromatic carbocycles. The zero-order valence-corrected chi connectivity index (χ0v) is 21.5. The minimum absolute atomic E-state index is 0.0185. The smallest absolute Gasteiger partial charge is 0.391 e. The predicted octanol–water partition coefficient (Wildman–Crippen LogP) is 4.28. The van der Waals surface area contributed by atoms with Gasteiger partial charge in [-0.25, -0.2) is 4.79 Å². The summed E-state index contributed by atoms with van der Waals surface area (Å²) in [7, 11) is 0. The number of aromatic amines is 1. The minimum Gasteiger partial charge on any atom is -0.478 e. The number of hydrogen-bond donors (Lipinski definition) is 5. The molecule has 2 bridgehead atoms. The third-order valence-electron chi connectivity index (χ3n) is 8.20. The fourth-order valence-corrected chi connectivity index (χ4v) is 6.14. The van der Waals surface area contributed by atoms with Crippen molar-refractivity contribution >= 4 is 39.3 Å². The lowest BCUT2D eigenvalue weighted by Crippen LogP contribution is -2.40. The fraction of sp³-hybridized carbons (Fsp3) is 0.464. The van der Waals surface area contributed by atoms with Crippen LogP contribution in [0.2, 0.25) is 0 Å². The van der Waals surface area contributed by atoms with E-state index in [9.17, 15) is 37.5 Å². The molecule has 4 aromatic rings. The van der Waals surface area contributed by atoms with Crippen molar-refractivity contribution in [2.45, 2.75) is 76.0 Å². The van der Waals surface area contributed by atoms with E-state index < -0.39 is 52.5 Å². The maximum atomic E-state index is 13.5. The summed E-state index contributed by atoms with van der Waals surface area (Å²) >= 11 is 0. The Hall–Kier alpha value is -3.96. The highest BCUT2D eigenvalue weighted by Crippen LogP contribution is 2.38. The number of nitrogens with one attached hydrogen (secondary N) is 4. The third-order valence-corrected chi connectivity index (χ3v) is 8.20. The molecule has 1 amide bonds. The zero-order chi connectivity index (χ0) is 28.8. The standard InChI is InChI=1S/C28H29F3N4O5/c29-28(30,31)13-6-8-15(9-7-13)33-23(32)22-19(27(39)40)12-18(26(38)34-14-4-2-1-3-5-14)20-16-10-11-17(21(20)22)25(37)35-24(16)36/h10-15H,1-9H2,(H2,32,33)(H,34,38)(H,39,40)(H,35,36,37)/t13-,15-. The molecule has 9 nitrogen and oxygen atoms in total. The molecule has 0 atom stereocenters. The number of carboxylic acid groups (broad SMARTS) is 1. The number of amides is 1. The topological polar surface area (TPSA) is 152 Å². The van der Waals surface area contributed by atoms with Crippen molar-refractivity contribution in [2.75, 3.05) is 0 Å². The molecule has 5 N–H and O–H groups in total. The van der Waals surface area contributed by atoms with Crippen LogP contribution in [0.25, 0.3) is 21.5 Å². The Morgan fingerprint density at radius 2 is 1.43 bits per heavy atom. The number of aromatic carboxylic acids is 1. The molecule has 0 radical (unpaired) electrons. The first-order chi connectivity index (χ1) is 19.0. The molecule has 40 heavy (non-hydrogen) atoms. The van der Waals surface area contributed by atoms with Crippen molar-refractivity contribution in [3.8, 4) is 0 Å². The van der Waals surface area contributed by atoms with Gasteiger partial charge >= 0.3 is 12.1 Å². The second-order valence-corrected chi connectivity index (χ2v) is 10.8. The van der Waals surface area contributed by atoms with Gasteiger partial charge in [0.25, 0.3) is 17.0 Å². The highest BCUT2D eigenvalue weighted by atomic mass is 19.4. The number of fused-ring (bicyclic) bond motifs is 3. The summed E-state index contributed by atoms with van der Waals surface area (Å²) in [5, 5.41) is 24.7. The van der Waals surface area contributed by atoms with E-state index >= 15 is 0 Å². The number of benzene rings is 2. The van der Waals surface area contributed by atoms with Crippen molar-refractivity contribution in [2.24, 2.45) is 5.92 Å². The lowest BCUT2D eigenvalue weighted by atomic mass is 9.85. The number of alkyl halides is 3. The first-order valence-corrected chi connectivity index (χ1v) is 13.4. The van der Waals surface area contributed by atoms with Gasteiger partial charge in [0.2, 0.25) is 0 Å². The van der Waals surface area contributed by atoms with Crippen LogP contribution in [0.5, 0.6) is 0 Å². The molecular formula is C28H29F3N4O5. The highest BCUT2D eigenvalue weighted by Gasteiger charge is 2.41. The first-order valence-electron chi connectivity index (χ1n) is 13.4. The van der Waals surface area contributed by atoms with Crippen molar-refractivity contribution < 1.29 is 27.9 Å². The van der Waals surface area contributed by atoms with Gasteiger partial charge in [-0.3, -0.25) is 24.8 Å². The number of carbonyl (C=O) groups is 2. The SMILES string of the molecule is N=C(N[C@H]1CC[C@H](C(F)(F)F)CC1)c1c(C(=O)O)cc(C(=O)NC2CCCCC2)c2c3ccc(c(=O)[nH]c3=O)c12. The average molecular weight is 559 g/mol. The molecule has 0 spiro atoms. The zero-order valence-electron chi connectivity index (χ0n) is 21.5. The summed E-state index contributed by atoms with van der Waals surface area (Å²) in [6, 6.07) is 3.20. The van der Waals surface area contributed by atoms with E-state index in [0.29, 0.717) is 0 Å². The van der Waals surface area contributed by atoms with E-state index in [1.165, 1.54) is 12.1 Å². The number of carboxylic acids is 1. The Bertz CT molecular complexity index is 1600. The Balaban J connectivity index is 1.64. The summed E-state index contributed by atoms with van der Waals surface area (Å²) in [5.41, 5.74) is -2.29. The highest BCUT2D eigenvalue weighted by molar-refractivity contribution is 6.27. The van der Waals surface area contributed by atoms with Crippen LogP contribution < -0.4 is 21.8 Å². The van der Waals surface area contributed by atoms with Crippen LogP contribution in [0, 0.1) is 11.3 Å². The molecule has 212 valence electrons. The normalized spacial score (nSPS) is 20.5. The van der Waals surface area contributed by atoms with Crippen LogP contribution in [-0.2, 0) is 0 Å². The molecule has 0 saturated heterocycles. The number of rotatable bonds is 5. The molecule has 2 fully saturated rings. The number of aromatic nitrogens is 1. The van der Waals surface area contributed by atoms with Crippen molar-refractivity contribution in [1.82, 2.24) is 15.6 Å². The second kappa shape index (κ2) is 10.5. The molecule has 12 heteroatoms. The average Bonchev–Trinajstić information content (AvgIpc) is 3.11. The maximum Gasteiger partial charge on any atom is 0.391 e. The first kappa shape index (κ1) is 27.6. The van der Waals surface area contributed by atoms with E-state index in [4.69, 9.17) is 5.41 Å². The number of amidine groups is 1. The van der Waals surface area contributed by atoms with Crippen molar-refractivity contribution in [3.05, 3.63) is 55.6 Å². The lowest BCUT2D eigenvalue weighted by molar-refractivity contribution is -0.182. The third kappa shape index (κ3) is 5.14. The molecule has 2 aromatic heterocycles. The summed E-state index contributed by atoms with van der Waals surface area (Å²) < 4.78 is 39.4. The van der Waals surface area contributed by atoms with Crippen molar-refractivity contribution in [1.29, 1.82) is 5.41 Å². The van der Waals surface area contributed by atoms with Gasteiger partial charge < -0.3 is 15.7 Å². The van der Waals surface area contributed by atoms with Crippen LogP contribution in [0.3, 0.4) is 0 Å². The largest absolute Gasteiger partial charge is 0.478 e. The summed E-state index contributed by atoms with van der Waals surface area (Å²) in [6.45, 7) is 0. The van der Waals surface area contributed by atoms with Gasteiger partial charge in [0.05, 0.1) is 11.5 Å². The summed E-state index contributed by atoms with van der Waals surface area (Å²) in [6.07, 6.45) is 0.107. The van der Waals surface area contributed by atoms with Gasteiger partial charge in [0, 0.05) is 44.8 Å². The van der Waals surface area contributed by atoms with Gasteiger partial charge in [0.1, 0.15) is 5.84 Å². The quantitative estimate of drug-likeness (QED) is 0.233. The van der Waals surface area contributed by atoms with Gasteiger partial charge in [0.15, 0.2) is 0 Å². The molecule has 6 rings (SSSR count). The van der Waals surface area contributed by atoms with Crippen LogP contribution in [-0.4, -0.2) is 46.1 Å². The van der Waals surface area contributed by atoms with E-state index in [1.54, 1.807) is 0 Å². The second-order valence-electron chi connectivity index (χ2n) is 10.8.